The summed E-state index contributed by atoms with van der Waals surface area (Å²) >= 11 is 0. The Morgan fingerprint density at radius 2 is 1.84 bits per heavy atom. The largest absolute Gasteiger partial charge is 0.444 e. The number of aliphatic imine (C=N–C) groups is 1. The van der Waals surface area contributed by atoms with Crippen molar-refractivity contribution in [1.29, 1.82) is 0 Å². The second kappa shape index (κ2) is 10.7. The highest BCUT2D eigenvalue weighted by atomic mass is 127. The van der Waals surface area contributed by atoms with E-state index < -0.39 is 0 Å². The molecule has 0 unspecified atom stereocenters. The Morgan fingerprint density at radius 1 is 1.12 bits per heavy atom. The van der Waals surface area contributed by atoms with Gasteiger partial charge in [-0.3, -0.25) is 9.79 Å². The number of oxazole rings is 1. The third kappa shape index (κ3) is 7.12. The summed E-state index contributed by atoms with van der Waals surface area (Å²) in [7, 11) is 1.64. The van der Waals surface area contributed by atoms with E-state index in [-0.39, 0.29) is 36.4 Å². The Hall–Kier alpha value is -2.10. The fourth-order valence-corrected chi connectivity index (χ4v) is 2.02. The number of nitrogens with one attached hydrogen (secondary N) is 3. The van der Waals surface area contributed by atoms with Gasteiger partial charge in [-0.25, -0.2) is 4.98 Å². The third-order valence-corrected chi connectivity index (χ3v) is 3.45. The molecule has 0 spiro atoms. The van der Waals surface area contributed by atoms with Crippen molar-refractivity contribution in [3.8, 4) is 0 Å². The van der Waals surface area contributed by atoms with Gasteiger partial charge < -0.3 is 20.4 Å². The molecule has 1 heterocycles. The molecule has 1 aromatic carbocycles. The van der Waals surface area contributed by atoms with E-state index in [4.69, 9.17) is 4.42 Å². The molecule has 0 fully saturated rings. The summed E-state index contributed by atoms with van der Waals surface area (Å²) in [5, 5.41) is 8.86. The van der Waals surface area contributed by atoms with Gasteiger partial charge in [0, 0.05) is 13.6 Å². The van der Waals surface area contributed by atoms with Crippen LogP contribution in [0.2, 0.25) is 0 Å². The molecule has 2 rings (SSSR count). The first-order chi connectivity index (χ1) is 11.6. The number of halogens is 1. The molecule has 0 atom stereocenters. The second-order valence-electron chi connectivity index (χ2n) is 5.29. The smallest absolute Gasteiger partial charge is 0.239 e. The number of amides is 1. The average molecular weight is 457 g/mol. The van der Waals surface area contributed by atoms with Crippen molar-refractivity contribution in [3.63, 3.8) is 0 Å². The van der Waals surface area contributed by atoms with Crippen molar-refractivity contribution >= 4 is 35.8 Å². The summed E-state index contributed by atoms with van der Waals surface area (Å²) in [5.74, 6) is 1.79. The standard InChI is InChI=1S/C17H23N5O2.HI/c1-12-13(2)24-16(22-12)11-21-17(18-3)20-10-15(23)19-9-14-7-5-4-6-8-14;/h4-8H,9-11H2,1-3H3,(H,19,23)(H2,18,20,21);1H. The lowest BCUT2D eigenvalue weighted by molar-refractivity contribution is -0.120. The normalized spacial score (nSPS) is 10.8. The monoisotopic (exact) mass is 457 g/mol. The molecule has 1 amide bonds. The predicted octanol–water partition coefficient (Wildman–Crippen LogP) is 1.89. The van der Waals surface area contributed by atoms with Crippen LogP contribution in [0.3, 0.4) is 0 Å². The Labute approximate surface area is 164 Å². The van der Waals surface area contributed by atoms with Crippen molar-refractivity contribution in [2.75, 3.05) is 13.6 Å². The maximum absolute atomic E-state index is 11.9. The molecule has 2 aromatic rings. The summed E-state index contributed by atoms with van der Waals surface area (Å²) in [5.41, 5.74) is 1.93. The van der Waals surface area contributed by atoms with Gasteiger partial charge in [0.25, 0.3) is 0 Å². The van der Waals surface area contributed by atoms with Gasteiger partial charge in [-0.2, -0.15) is 0 Å². The molecule has 0 saturated heterocycles. The Kier molecular flexibility index (Phi) is 8.96. The molecule has 0 aliphatic heterocycles. The van der Waals surface area contributed by atoms with E-state index in [1.165, 1.54) is 0 Å². The summed E-state index contributed by atoms with van der Waals surface area (Å²) < 4.78 is 5.49. The number of aromatic nitrogens is 1. The predicted molar refractivity (Wildman–Crippen MR) is 108 cm³/mol. The topological polar surface area (TPSA) is 91.5 Å². The number of guanidine groups is 1. The molecule has 8 heteroatoms. The molecular weight excluding hydrogens is 433 g/mol. The van der Waals surface area contributed by atoms with Gasteiger partial charge in [-0.15, -0.1) is 24.0 Å². The summed E-state index contributed by atoms with van der Waals surface area (Å²) in [4.78, 5) is 20.2. The minimum absolute atomic E-state index is 0. The lowest BCUT2D eigenvalue weighted by Crippen LogP contribution is -2.42. The van der Waals surface area contributed by atoms with Crippen LogP contribution in [-0.2, 0) is 17.9 Å². The van der Waals surface area contributed by atoms with Crippen molar-refractivity contribution in [2.24, 2.45) is 4.99 Å². The number of aryl methyl sites for hydroxylation is 2. The van der Waals surface area contributed by atoms with Gasteiger partial charge in [0.15, 0.2) is 5.96 Å². The third-order valence-electron chi connectivity index (χ3n) is 3.45. The van der Waals surface area contributed by atoms with Crippen LogP contribution in [0.25, 0.3) is 0 Å². The highest BCUT2D eigenvalue weighted by Crippen LogP contribution is 2.07. The molecule has 25 heavy (non-hydrogen) atoms. The van der Waals surface area contributed by atoms with E-state index in [2.05, 4.69) is 25.9 Å². The van der Waals surface area contributed by atoms with Gasteiger partial charge in [-0.1, -0.05) is 30.3 Å². The van der Waals surface area contributed by atoms with E-state index >= 15 is 0 Å². The van der Waals surface area contributed by atoms with Gasteiger partial charge in [-0.05, 0) is 19.4 Å². The highest BCUT2D eigenvalue weighted by molar-refractivity contribution is 14.0. The number of rotatable bonds is 6. The lowest BCUT2D eigenvalue weighted by atomic mass is 10.2. The van der Waals surface area contributed by atoms with Crippen LogP contribution in [0.4, 0.5) is 0 Å². The van der Waals surface area contributed by atoms with Crippen LogP contribution in [0.1, 0.15) is 22.9 Å². The van der Waals surface area contributed by atoms with Crippen molar-refractivity contribution in [3.05, 3.63) is 53.2 Å². The Morgan fingerprint density at radius 3 is 2.44 bits per heavy atom. The van der Waals surface area contributed by atoms with Gasteiger partial charge in [0.2, 0.25) is 11.8 Å². The fraction of sp³-hybridized carbons (Fsp3) is 0.353. The quantitative estimate of drug-likeness (QED) is 0.350. The van der Waals surface area contributed by atoms with E-state index in [9.17, 15) is 4.79 Å². The molecule has 0 saturated carbocycles. The average Bonchev–Trinajstić information content (AvgIpc) is 2.92. The van der Waals surface area contributed by atoms with Crippen molar-refractivity contribution in [1.82, 2.24) is 20.9 Å². The molecule has 0 bridgehead atoms. The molecule has 1 aromatic heterocycles. The second-order valence-corrected chi connectivity index (χ2v) is 5.29. The van der Waals surface area contributed by atoms with E-state index in [1.54, 1.807) is 7.05 Å². The van der Waals surface area contributed by atoms with Crippen LogP contribution >= 0.6 is 24.0 Å². The molecule has 0 aliphatic carbocycles. The van der Waals surface area contributed by atoms with Crippen LogP contribution in [0.5, 0.6) is 0 Å². The van der Waals surface area contributed by atoms with E-state index in [0.29, 0.717) is 24.9 Å². The first-order valence-corrected chi connectivity index (χ1v) is 7.76. The lowest BCUT2D eigenvalue weighted by Gasteiger charge is -2.11. The molecule has 0 aliphatic rings. The summed E-state index contributed by atoms with van der Waals surface area (Å²) in [6.45, 7) is 4.81. The number of hydrogen-bond acceptors (Lipinski definition) is 4. The number of nitrogens with zero attached hydrogens (tertiary/aromatic N) is 2. The minimum Gasteiger partial charge on any atom is -0.444 e. The van der Waals surface area contributed by atoms with Gasteiger partial charge in [0.1, 0.15) is 5.76 Å². The highest BCUT2D eigenvalue weighted by Gasteiger charge is 2.07. The van der Waals surface area contributed by atoms with E-state index in [1.807, 2.05) is 44.2 Å². The SMILES string of the molecule is CN=C(NCC(=O)NCc1ccccc1)NCc1nc(C)c(C)o1.I. The summed E-state index contributed by atoms with van der Waals surface area (Å²) in [6.07, 6.45) is 0. The van der Waals surface area contributed by atoms with Crippen LogP contribution < -0.4 is 16.0 Å². The van der Waals surface area contributed by atoms with Crippen LogP contribution in [-0.4, -0.2) is 30.4 Å². The number of carbonyl (C=O) groups is 1. The molecule has 3 N–H and O–H groups in total. The summed E-state index contributed by atoms with van der Waals surface area (Å²) in [6, 6.07) is 9.76. The zero-order valence-corrected chi connectivity index (χ0v) is 17.0. The Bertz CT molecular complexity index is 681. The molecule has 7 nitrogen and oxygen atoms in total. The Balaban J connectivity index is 0.00000312. The maximum Gasteiger partial charge on any atom is 0.239 e. The van der Waals surface area contributed by atoms with Gasteiger partial charge in [0.05, 0.1) is 18.8 Å². The van der Waals surface area contributed by atoms with Crippen LogP contribution in [0, 0.1) is 13.8 Å². The molecular formula is C17H24IN5O2. The number of carbonyl (C=O) groups excluding carboxylic acids is 1. The number of hydrogen-bond donors (Lipinski definition) is 3. The maximum atomic E-state index is 11.9. The van der Waals surface area contributed by atoms with Gasteiger partial charge >= 0.3 is 0 Å². The zero-order chi connectivity index (χ0) is 17.4. The van der Waals surface area contributed by atoms with Crippen molar-refractivity contribution < 1.29 is 9.21 Å². The fourth-order valence-electron chi connectivity index (χ4n) is 2.02. The number of benzene rings is 1. The van der Waals surface area contributed by atoms with E-state index in [0.717, 1.165) is 17.0 Å². The zero-order valence-electron chi connectivity index (χ0n) is 14.6. The van der Waals surface area contributed by atoms with Crippen molar-refractivity contribution in [2.45, 2.75) is 26.9 Å². The minimum atomic E-state index is -0.107. The molecule has 0 radical (unpaired) electrons. The van der Waals surface area contributed by atoms with Crippen LogP contribution in [0.15, 0.2) is 39.7 Å². The molecule has 136 valence electrons. The first kappa shape index (κ1) is 20.9. The first-order valence-electron chi connectivity index (χ1n) is 7.76.